The number of hydrogen-bond donors (Lipinski definition) is 4. The zero-order valence-electron chi connectivity index (χ0n) is 18.7. The number of aliphatic hydroxyl groups is 4. The summed E-state index contributed by atoms with van der Waals surface area (Å²) >= 11 is 0. The van der Waals surface area contributed by atoms with Gasteiger partial charge in [0.1, 0.15) is 30.5 Å². The minimum absolute atomic E-state index is 0.422. The number of benzene rings is 2. The van der Waals surface area contributed by atoms with Gasteiger partial charge in [-0.05, 0) is 78.2 Å². The summed E-state index contributed by atoms with van der Waals surface area (Å²) in [6.07, 6.45) is 2.06. The van der Waals surface area contributed by atoms with Gasteiger partial charge in [-0.25, -0.2) is 0 Å². The first kappa shape index (κ1) is 22.1. The fourth-order valence-corrected chi connectivity index (χ4v) is 5.87. The normalized spacial score (nSPS) is 31.8. The molecule has 5 atom stereocenters. The van der Waals surface area contributed by atoms with E-state index in [2.05, 4.69) is 31.2 Å². The fraction of sp³-hybridized carbons (Fsp3) is 0.556. The molecule has 1 saturated heterocycles. The Kier molecular flexibility index (Phi) is 5.89. The quantitative estimate of drug-likeness (QED) is 0.576. The Morgan fingerprint density at radius 1 is 0.906 bits per heavy atom. The first-order chi connectivity index (χ1) is 15.4. The molecule has 1 aliphatic heterocycles. The molecule has 5 heteroatoms. The van der Waals surface area contributed by atoms with E-state index in [-0.39, 0.29) is 0 Å². The highest BCUT2D eigenvalue weighted by Crippen LogP contribution is 2.61. The first-order valence-electron chi connectivity index (χ1n) is 11.9. The van der Waals surface area contributed by atoms with Gasteiger partial charge in [-0.2, -0.15) is 0 Å². The molecule has 1 spiro atoms. The molecular formula is C27H34O5. The Morgan fingerprint density at radius 3 is 2.22 bits per heavy atom. The molecular weight excluding hydrogens is 404 g/mol. The smallest absolute Gasteiger partial charge is 0.113 e. The SMILES string of the molecule is Cc1ccc(C2O[C@H](CO)[C@@H](O)[C@H](O)[C@H]2O)cc1Cc1ccc(C2CC3(CCC3)C2)cc1. The highest BCUT2D eigenvalue weighted by molar-refractivity contribution is 5.38. The van der Waals surface area contributed by atoms with Crippen molar-refractivity contribution in [2.75, 3.05) is 6.61 Å². The molecule has 0 aromatic heterocycles. The lowest BCUT2D eigenvalue weighted by Crippen LogP contribution is -2.55. The Hall–Kier alpha value is -1.76. The molecule has 2 saturated carbocycles. The summed E-state index contributed by atoms with van der Waals surface area (Å²) < 4.78 is 5.74. The summed E-state index contributed by atoms with van der Waals surface area (Å²) in [5.41, 5.74) is 6.39. The van der Waals surface area contributed by atoms with Crippen LogP contribution in [0.15, 0.2) is 42.5 Å². The lowest BCUT2D eigenvalue weighted by atomic mass is 9.51. The summed E-state index contributed by atoms with van der Waals surface area (Å²) in [5, 5.41) is 40.1. The second-order valence-electron chi connectivity index (χ2n) is 10.3. The van der Waals surface area contributed by atoms with Crippen molar-refractivity contribution in [3.63, 3.8) is 0 Å². The van der Waals surface area contributed by atoms with E-state index < -0.39 is 37.1 Å². The van der Waals surface area contributed by atoms with Gasteiger partial charge >= 0.3 is 0 Å². The van der Waals surface area contributed by atoms with Crippen LogP contribution in [-0.2, 0) is 11.2 Å². The second-order valence-corrected chi connectivity index (χ2v) is 10.3. The van der Waals surface area contributed by atoms with Crippen molar-refractivity contribution in [3.8, 4) is 0 Å². The Labute approximate surface area is 189 Å². The second kappa shape index (κ2) is 8.54. The monoisotopic (exact) mass is 438 g/mol. The van der Waals surface area contributed by atoms with Gasteiger partial charge in [-0.1, -0.05) is 48.9 Å². The standard InChI is InChI=1S/C27H34O5/c1-16-3-6-19(26-25(31)24(30)23(29)22(15-28)32-26)12-20(16)11-17-4-7-18(8-5-17)21-13-27(14-21)9-2-10-27/h3-8,12,21-26,28-31H,2,9-11,13-15H2,1H3/t22-,23-,24+,25-,26?/m1/s1. The van der Waals surface area contributed by atoms with Crippen LogP contribution in [0.2, 0.25) is 0 Å². The summed E-state index contributed by atoms with van der Waals surface area (Å²) in [6.45, 7) is 1.64. The predicted molar refractivity (Wildman–Crippen MR) is 121 cm³/mol. The van der Waals surface area contributed by atoms with Crippen molar-refractivity contribution >= 4 is 0 Å². The van der Waals surface area contributed by atoms with Gasteiger partial charge in [0.2, 0.25) is 0 Å². The third kappa shape index (κ3) is 3.91. The minimum atomic E-state index is -1.37. The van der Waals surface area contributed by atoms with Crippen LogP contribution >= 0.6 is 0 Å². The zero-order chi connectivity index (χ0) is 22.5. The molecule has 0 radical (unpaired) electrons. The molecule has 2 aromatic rings. The molecule has 1 unspecified atom stereocenters. The van der Waals surface area contributed by atoms with E-state index >= 15 is 0 Å². The van der Waals surface area contributed by atoms with Crippen molar-refractivity contribution in [1.82, 2.24) is 0 Å². The van der Waals surface area contributed by atoms with Crippen LogP contribution < -0.4 is 0 Å². The molecule has 2 aliphatic carbocycles. The maximum absolute atomic E-state index is 10.5. The average molecular weight is 439 g/mol. The van der Waals surface area contributed by atoms with Crippen LogP contribution in [-0.4, -0.2) is 51.4 Å². The molecule has 3 aliphatic rings. The van der Waals surface area contributed by atoms with Gasteiger partial charge in [-0.15, -0.1) is 0 Å². The van der Waals surface area contributed by atoms with Crippen molar-refractivity contribution in [2.45, 2.75) is 81.9 Å². The topological polar surface area (TPSA) is 90.2 Å². The molecule has 32 heavy (non-hydrogen) atoms. The maximum atomic E-state index is 10.5. The van der Waals surface area contributed by atoms with E-state index in [9.17, 15) is 20.4 Å². The number of ether oxygens (including phenoxy) is 1. The van der Waals surface area contributed by atoms with Gasteiger partial charge in [0.25, 0.3) is 0 Å². The third-order valence-electron chi connectivity index (χ3n) is 8.21. The van der Waals surface area contributed by atoms with Crippen LogP contribution in [0.25, 0.3) is 0 Å². The summed E-state index contributed by atoms with van der Waals surface area (Å²) in [7, 11) is 0. The lowest BCUT2D eigenvalue weighted by Gasteiger charge is -2.54. The van der Waals surface area contributed by atoms with Crippen molar-refractivity contribution < 1.29 is 25.2 Å². The number of rotatable bonds is 5. The average Bonchev–Trinajstić information content (AvgIpc) is 2.73. The summed E-state index contributed by atoms with van der Waals surface area (Å²) in [4.78, 5) is 0. The molecule has 0 amide bonds. The van der Waals surface area contributed by atoms with Crippen LogP contribution in [0.1, 0.15) is 71.9 Å². The van der Waals surface area contributed by atoms with Gasteiger partial charge < -0.3 is 25.2 Å². The van der Waals surface area contributed by atoms with Crippen molar-refractivity contribution in [3.05, 3.63) is 70.3 Å². The zero-order valence-corrected chi connectivity index (χ0v) is 18.7. The minimum Gasteiger partial charge on any atom is -0.394 e. The Balaban J connectivity index is 1.30. The van der Waals surface area contributed by atoms with Crippen molar-refractivity contribution in [2.24, 2.45) is 5.41 Å². The van der Waals surface area contributed by atoms with Crippen LogP contribution in [0, 0.1) is 12.3 Å². The molecule has 5 nitrogen and oxygen atoms in total. The lowest BCUT2D eigenvalue weighted by molar-refractivity contribution is -0.231. The molecule has 1 heterocycles. The van der Waals surface area contributed by atoms with E-state index in [1.807, 2.05) is 18.2 Å². The molecule has 3 fully saturated rings. The number of hydrogen-bond acceptors (Lipinski definition) is 5. The number of aliphatic hydroxyl groups excluding tert-OH is 4. The molecule has 5 rings (SSSR count). The van der Waals surface area contributed by atoms with Crippen LogP contribution in [0.5, 0.6) is 0 Å². The molecule has 0 bridgehead atoms. The van der Waals surface area contributed by atoms with Crippen LogP contribution in [0.3, 0.4) is 0 Å². The van der Waals surface area contributed by atoms with E-state index in [4.69, 9.17) is 4.74 Å². The highest BCUT2D eigenvalue weighted by Gasteiger charge is 2.48. The maximum Gasteiger partial charge on any atom is 0.113 e. The molecule has 172 valence electrons. The predicted octanol–water partition coefficient (Wildman–Crippen LogP) is 3.15. The highest BCUT2D eigenvalue weighted by atomic mass is 16.5. The van der Waals surface area contributed by atoms with Gasteiger partial charge in [0.15, 0.2) is 0 Å². The van der Waals surface area contributed by atoms with E-state index in [1.54, 1.807) is 0 Å². The van der Waals surface area contributed by atoms with E-state index in [0.717, 1.165) is 29.0 Å². The Morgan fingerprint density at radius 2 is 1.59 bits per heavy atom. The summed E-state index contributed by atoms with van der Waals surface area (Å²) in [6, 6.07) is 14.9. The summed E-state index contributed by atoms with van der Waals surface area (Å²) in [5.74, 6) is 0.723. The van der Waals surface area contributed by atoms with Crippen LogP contribution in [0.4, 0.5) is 0 Å². The molecule has 4 N–H and O–H groups in total. The third-order valence-corrected chi connectivity index (χ3v) is 8.21. The first-order valence-corrected chi connectivity index (χ1v) is 11.9. The fourth-order valence-electron chi connectivity index (χ4n) is 5.87. The largest absolute Gasteiger partial charge is 0.394 e. The Bertz CT molecular complexity index is 941. The van der Waals surface area contributed by atoms with E-state index in [1.165, 1.54) is 43.2 Å². The number of aryl methyl sites for hydroxylation is 1. The van der Waals surface area contributed by atoms with Gasteiger partial charge in [0, 0.05) is 0 Å². The van der Waals surface area contributed by atoms with E-state index in [0.29, 0.717) is 5.41 Å². The molecule has 2 aromatic carbocycles. The van der Waals surface area contributed by atoms with Crippen molar-refractivity contribution in [1.29, 1.82) is 0 Å². The van der Waals surface area contributed by atoms with Gasteiger partial charge in [0.05, 0.1) is 6.61 Å². The van der Waals surface area contributed by atoms with Gasteiger partial charge in [-0.3, -0.25) is 0 Å².